The molecule has 3 N–H and O–H groups in total. The molecular formula is C15H14Cl2N2O. The molecule has 2 aromatic carbocycles. The maximum Gasteiger partial charge on any atom is 0.244 e. The van der Waals surface area contributed by atoms with Crippen molar-refractivity contribution in [1.29, 1.82) is 0 Å². The summed E-state index contributed by atoms with van der Waals surface area (Å²) in [6.45, 7) is 1.99. The Morgan fingerprint density at radius 1 is 1.15 bits per heavy atom. The third kappa shape index (κ3) is 3.44. The third-order valence-electron chi connectivity index (χ3n) is 2.92. The maximum atomic E-state index is 11.7. The lowest BCUT2D eigenvalue weighted by molar-refractivity contribution is -0.118. The van der Waals surface area contributed by atoms with E-state index in [1.54, 1.807) is 18.2 Å². The summed E-state index contributed by atoms with van der Waals surface area (Å²) in [6, 6.07) is 11.9. The molecule has 1 unspecified atom stereocenters. The van der Waals surface area contributed by atoms with Crippen molar-refractivity contribution in [3.8, 4) is 0 Å². The van der Waals surface area contributed by atoms with E-state index in [4.69, 9.17) is 28.9 Å². The molecule has 0 spiro atoms. The van der Waals surface area contributed by atoms with Gasteiger partial charge in [0.2, 0.25) is 5.91 Å². The molecule has 0 heterocycles. The molecule has 3 nitrogen and oxygen atoms in total. The number of rotatable bonds is 4. The highest BCUT2D eigenvalue weighted by atomic mass is 35.5. The van der Waals surface area contributed by atoms with Gasteiger partial charge in [-0.15, -0.1) is 0 Å². The Morgan fingerprint density at radius 3 is 2.40 bits per heavy atom. The molecular weight excluding hydrogens is 295 g/mol. The third-order valence-corrected chi connectivity index (χ3v) is 3.50. The van der Waals surface area contributed by atoms with Gasteiger partial charge in [-0.1, -0.05) is 40.9 Å². The van der Waals surface area contributed by atoms with E-state index in [-0.39, 0.29) is 0 Å². The van der Waals surface area contributed by atoms with Crippen molar-refractivity contribution in [2.75, 3.05) is 5.32 Å². The van der Waals surface area contributed by atoms with E-state index in [1.165, 1.54) is 0 Å². The number of carbonyl (C=O) groups is 1. The molecule has 0 aliphatic carbocycles. The summed E-state index contributed by atoms with van der Waals surface area (Å²) in [7, 11) is 0. The maximum absolute atomic E-state index is 11.7. The minimum absolute atomic E-state index is 0.442. The number of anilines is 1. The number of hydrogen-bond donors (Lipinski definition) is 2. The highest BCUT2D eigenvalue weighted by molar-refractivity contribution is 6.33. The van der Waals surface area contributed by atoms with Crippen LogP contribution in [0.5, 0.6) is 0 Å². The zero-order valence-corrected chi connectivity index (χ0v) is 12.4. The van der Waals surface area contributed by atoms with Crippen LogP contribution in [-0.4, -0.2) is 5.91 Å². The lowest BCUT2D eigenvalue weighted by Gasteiger charge is -2.18. The van der Waals surface area contributed by atoms with E-state index in [1.807, 2.05) is 31.2 Å². The van der Waals surface area contributed by atoms with Gasteiger partial charge in [0, 0.05) is 21.3 Å². The predicted octanol–water partition coefficient (Wildman–Crippen LogP) is 3.94. The lowest BCUT2D eigenvalue weighted by Crippen LogP contribution is -2.28. The highest BCUT2D eigenvalue weighted by Crippen LogP contribution is 2.28. The number of benzene rings is 2. The molecule has 20 heavy (non-hydrogen) atoms. The summed E-state index contributed by atoms with van der Waals surface area (Å²) >= 11 is 12.1. The molecule has 1 amide bonds. The Morgan fingerprint density at radius 2 is 1.80 bits per heavy atom. The van der Waals surface area contributed by atoms with Gasteiger partial charge in [0.25, 0.3) is 0 Å². The fourth-order valence-corrected chi connectivity index (χ4v) is 2.26. The summed E-state index contributed by atoms with van der Waals surface area (Å²) in [5.74, 6) is -0.519. The van der Waals surface area contributed by atoms with Crippen LogP contribution in [0.15, 0.2) is 42.5 Å². The Kier molecular flexibility index (Phi) is 4.53. The number of nitrogens with one attached hydrogen (secondary N) is 1. The second kappa shape index (κ2) is 6.16. The first-order valence-electron chi connectivity index (χ1n) is 6.05. The zero-order valence-electron chi connectivity index (χ0n) is 10.9. The van der Waals surface area contributed by atoms with Crippen molar-refractivity contribution < 1.29 is 4.79 Å². The highest BCUT2D eigenvalue weighted by Gasteiger charge is 2.20. The van der Waals surface area contributed by atoms with Crippen LogP contribution in [0.3, 0.4) is 0 Å². The van der Waals surface area contributed by atoms with Gasteiger partial charge in [-0.25, -0.2) is 0 Å². The molecule has 0 aromatic heterocycles. The van der Waals surface area contributed by atoms with Crippen LogP contribution < -0.4 is 11.1 Å². The predicted molar refractivity (Wildman–Crippen MR) is 83.2 cm³/mol. The van der Waals surface area contributed by atoms with Gasteiger partial charge >= 0.3 is 0 Å². The number of primary amides is 1. The van der Waals surface area contributed by atoms with E-state index in [0.717, 1.165) is 11.3 Å². The van der Waals surface area contributed by atoms with E-state index < -0.39 is 11.9 Å². The molecule has 0 saturated heterocycles. The van der Waals surface area contributed by atoms with Crippen molar-refractivity contribution >= 4 is 34.8 Å². The fourth-order valence-electron chi connectivity index (χ4n) is 1.85. The van der Waals surface area contributed by atoms with Crippen molar-refractivity contribution in [3.63, 3.8) is 0 Å². The number of aryl methyl sites for hydroxylation is 1. The van der Waals surface area contributed by atoms with Crippen LogP contribution in [0.1, 0.15) is 17.2 Å². The minimum Gasteiger partial charge on any atom is -0.370 e. The smallest absolute Gasteiger partial charge is 0.244 e. The number of carbonyl (C=O) groups excluding carboxylic acids is 1. The molecule has 2 aromatic rings. The van der Waals surface area contributed by atoms with E-state index in [9.17, 15) is 4.79 Å². The Labute approximate surface area is 127 Å². The minimum atomic E-state index is -0.732. The molecule has 0 radical (unpaired) electrons. The molecule has 0 fully saturated rings. The molecule has 2 rings (SSSR count). The molecule has 1 atom stereocenters. The van der Waals surface area contributed by atoms with Crippen LogP contribution in [0.25, 0.3) is 0 Å². The van der Waals surface area contributed by atoms with E-state index in [2.05, 4.69) is 5.32 Å². The second-order valence-electron chi connectivity index (χ2n) is 4.51. The molecule has 5 heteroatoms. The van der Waals surface area contributed by atoms with Crippen LogP contribution in [0.2, 0.25) is 10.0 Å². The zero-order chi connectivity index (χ0) is 14.7. The van der Waals surface area contributed by atoms with Crippen molar-refractivity contribution in [2.45, 2.75) is 13.0 Å². The Bertz CT molecular complexity index is 626. The summed E-state index contributed by atoms with van der Waals surface area (Å²) in [6.07, 6.45) is 0. The summed E-state index contributed by atoms with van der Waals surface area (Å²) in [5, 5.41) is 4.02. The first kappa shape index (κ1) is 14.7. The fraction of sp³-hybridized carbons (Fsp3) is 0.133. The number of nitrogens with two attached hydrogens (primary N) is 1. The first-order valence-corrected chi connectivity index (χ1v) is 6.80. The monoisotopic (exact) mass is 308 g/mol. The topological polar surface area (TPSA) is 55.1 Å². The van der Waals surface area contributed by atoms with Gasteiger partial charge in [0.05, 0.1) is 0 Å². The number of hydrogen-bond acceptors (Lipinski definition) is 2. The Balaban J connectivity index is 2.34. The van der Waals surface area contributed by atoms with Crippen molar-refractivity contribution in [1.82, 2.24) is 0 Å². The second-order valence-corrected chi connectivity index (χ2v) is 5.36. The summed E-state index contributed by atoms with van der Waals surface area (Å²) in [4.78, 5) is 11.7. The quantitative estimate of drug-likeness (QED) is 0.899. The SMILES string of the molecule is Cc1ccc(NC(C(N)=O)c2cc(Cl)ccc2Cl)cc1. The summed E-state index contributed by atoms with van der Waals surface area (Å²) in [5.41, 5.74) is 7.94. The number of amides is 1. The number of halogens is 2. The van der Waals surface area contributed by atoms with E-state index in [0.29, 0.717) is 15.6 Å². The van der Waals surface area contributed by atoms with Crippen LogP contribution >= 0.6 is 23.2 Å². The normalized spacial score (nSPS) is 11.9. The molecule has 0 aliphatic heterocycles. The van der Waals surface area contributed by atoms with Gasteiger partial charge < -0.3 is 11.1 Å². The van der Waals surface area contributed by atoms with E-state index >= 15 is 0 Å². The van der Waals surface area contributed by atoms with Crippen LogP contribution in [0.4, 0.5) is 5.69 Å². The van der Waals surface area contributed by atoms with Crippen molar-refractivity contribution in [3.05, 3.63) is 63.6 Å². The van der Waals surface area contributed by atoms with Gasteiger partial charge in [-0.3, -0.25) is 4.79 Å². The Hall–Kier alpha value is -1.71. The van der Waals surface area contributed by atoms with Crippen molar-refractivity contribution in [2.24, 2.45) is 5.73 Å². The standard InChI is InChI=1S/C15H14Cl2N2O/c1-9-2-5-11(6-3-9)19-14(15(18)20)12-8-10(16)4-7-13(12)17/h2-8,14,19H,1H3,(H2,18,20). The van der Waals surface area contributed by atoms with Gasteiger partial charge in [-0.05, 0) is 37.3 Å². The average Bonchev–Trinajstić information content (AvgIpc) is 2.41. The van der Waals surface area contributed by atoms with Crippen LogP contribution in [0, 0.1) is 6.92 Å². The summed E-state index contributed by atoms with van der Waals surface area (Å²) < 4.78 is 0. The lowest BCUT2D eigenvalue weighted by atomic mass is 10.1. The molecule has 104 valence electrons. The molecule has 0 saturated carbocycles. The first-order chi connectivity index (χ1) is 9.47. The van der Waals surface area contributed by atoms with Gasteiger partial charge in [0.1, 0.15) is 6.04 Å². The van der Waals surface area contributed by atoms with Gasteiger partial charge in [0.15, 0.2) is 0 Å². The average molecular weight is 309 g/mol. The largest absolute Gasteiger partial charge is 0.370 e. The molecule has 0 bridgehead atoms. The molecule has 0 aliphatic rings. The van der Waals surface area contributed by atoms with Crippen LogP contribution in [-0.2, 0) is 4.79 Å². The van der Waals surface area contributed by atoms with Gasteiger partial charge in [-0.2, -0.15) is 0 Å².